The Hall–Kier alpha value is -1.60. The minimum Gasteiger partial charge on any atom is -0.479 e. The summed E-state index contributed by atoms with van der Waals surface area (Å²) >= 11 is 1.32. The van der Waals surface area contributed by atoms with Crippen LogP contribution in [-0.4, -0.2) is 29.3 Å². The Morgan fingerprint density at radius 3 is 2.61 bits per heavy atom. The molecule has 1 amide bonds. The van der Waals surface area contributed by atoms with Gasteiger partial charge >= 0.3 is 5.97 Å². The van der Waals surface area contributed by atoms with E-state index in [2.05, 4.69) is 4.84 Å². The van der Waals surface area contributed by atoms with E-state index in [0.717, 1.165) is 5.56 Å². The van der Waals surface area contributed by atoms with Crippen molar-refractivity contribution in [1.82, 2.24) is 5.48 Å². The van der Waals surface area contributed by atoms with Crippen LogP contribution in [-0.2, 0) is 20.2 Å². The Labute approximate surface area is 107 Å². The zero-order valence-electron chi connectivity index (χ0n) is 9.39. The number of nitrogens with one attached hydrogen (secondary N) is 1. The average Bonchev–Trinajstić information content (AvgIpc) is 2.31. The first-order valence-electron chi connectivity index (χ1n) is 5.02. The molecule has 1 rings (SSSR count). The number of aliphatic carboxylic acids is 1. The third kappa shape index (κ3) is 6.21. The fraction of sp³-hybridized carbons (Fsp3) is 0.273. The number of carboxylic acid groups (broad SMARTS) is 1. The van der Waals surface area contributed by atoms with Gasteiger partial charge < -0.3 is 5.11 Å². The highest BCUT2D eigenvalue weighted by molar-refractivity contribution is 7.99. The molecule has 0 heterocycles. The Morgan fingerprint density at radius 1 is 1.33 bits per heavy atom. The molecule has 18 heavy (non-hydrogen) atoms. The van der Waals surface area contributed by atoms with Crippen molar-refractivity contribution in [2.24, 2.45) is 0 Å². The number of hydrogen-bond acceptors (Lipinski definition) is 4. The predicted molar refractivity (Wildman–Crippen MR) is 64.3 cm³/mol. The zero-order valence-corrected chi connectivity index (χ0v) is 10.2. The van der Waals surface area contributed by atoms with Gasteiger partial charge in [0, 0.05) is 5.75 Å². The molecule has 0 aliphatic rings. The predicted octanol–water partition coefficient (Wildman–Crippen LogP) is 1.19. The summed E-state index contributed by atoms with van der Waals surface area (Å²) in [6, 6.07) is 5.99. The molecule has 0 radical (unpaired) electrons. The van der Waals surface area contributed by atoms with E-state index in [0.29, 0.717) is 5.75 Å². The molecule has 0 saturated carbocycles. The van der Waals surface area contributed by atoms with Gasteiger partial charge in [-0.25, -0.2) is 14.7 Å². The van der Waals surface area contributed by atoms with Gasteiger partial charge in [-0.15, -0.1) is 11.8 Å². The Balaban J connectivity index is 2.15. The lowest BCUT2D eigenvalue weighted by Gasteiger charge is -2.04. The number of carbonyl (C=O) groups excluding carboxylic acids is 1. The molecule has 0 atom stereocenters. The maximum Gasteiger partial charge on any atom is 0.332 e. The minimum absolute atomic E-state index is 0.136. The Morgan fingerprint density at radius 2 is 2.00 bits per heavy atom. The number of carbonyl (C=O) groups is 2. The molecule has 2 N–H and O–H groups in total. The third-order valence-electron chi connectivity index (χ3n) is 1.80. The van der Waals surface area contributed by atoms with Crippen LogP contribution in [0, 0.1) is 5.82 Å². The van der Waals surface area contributed by atoms with Crippen LogP contribution < -0.4 is 5.48 Å². The van der Waals surface area contributed by atoms with Gasteiger partial charge in [0.05, 0.1) is 5.75 Å². The van der Waals surface area contributed by atoms with Crippen LogP contribution in [0.25, 0.3) is 0 Å². The van der Waals surface area contributed by atoms with E-state index >= 15 is 0 Å². The summed E-state index contributed by atoms with van der Waals surface area (Å²) in [5.74, 6) is -1.18. The number of hydrogen-bond donors (Lipinski definition) is 2. The first-order chi connectivity index (χ1) is 8.58. The molecule has 5 nitrogen and oxygen atoms in total. The van der Waals surface area contributed by atoms with E-state index in [-0.39, 0.29) is 11.6 Å². The number of thioether (sulfide) groups is 1. The van der Waals surface area contributed by atoms with E-state index in [4.69, 9.17) is 5.11 Å². The highest BCUT2D eigenvalue weighted by Gasteiger charge is 2.03. The van der Waals surface area contributed by atoms with Gasteiger partial charge in [-0.3, -0.25) is 9.63 Å². The highest BCUT2D eigenvalue weighted by Crippen LogP contribution is 2.12. The second-order valence-corrected chi connectivity index (χ2v) is 4.31. The van der Waals surface area contributed by atoms with E-state index in [1.165, 1.54) is 23.9 Å². The summed E-state index contributed by atoms with van der Waals surface area (Å²) in [5.41, 5.74) is 2.91. The van der Waals surface area contributed by atoms with Gasteiger partial charge in [0.25, 0.3) is 5.91 Å². The van der Waals surface area contributed by atoms with Crippen LogP contribution in [0.5, 0.6) is 0 Å². The molecule has 0 bridgehead atoms. The molecule has 1 aromatic carbocycles. The lowest BCUT2D eigenvalue weighted by atomic mass is 10.2. The average molecular weight is 273 g/mol. The first kappa shape index (κ1) is 14.5. The van der Waals surface area contributed by atoms with Crippen LogP contribution in [0.15, 0.2) is 24.3 Å². The van der Waals surface area contributed by atoms with Crippen LogP contribution in [0.4, 0.5) is 4.39 Å². The first-order valence-corrected chi connectivity index (χ1v) is 6.18. The SMILES string of the molecule is O=C(O)CONC(=O)CSCc1ccc(F)cc1. The maximum atomic E-state index is 12.6. The topological polar surface area (TPSA) is 75.6 Å². The summed E-state index contributed by atoms with van der Waals surface area (Å²) < 4.78 is 12.6. The van der Waals surface area contributed by atoms with Gasteiger partial charge in [-0.1, -0.05) is 12.1 Å². The normalized spacial score (nSPS) is 10.1. The standard InChI is InChI=1S/C11H12FNO4S/c12-9-3-1-8(2-4-9)6-18-7-10(14)13-17-5-11(15)16/h1-4H,5-7H2,(H,13,14)(H,15,16). The monoisotopic (exact) mass is 273 g/mol. The molecule has 0 saturated heterocycles. The van der Waals surface area contributed by atoms with Crippen LogP contribution in [0.1, 0.15) is 5.56 Å². The largest absolute Gasteiger partial charge is 0.479 e. The fourth-order valence-corrected chi connectivity index (χ4v) is 1.82. The summed E-state index contributed by atoms with van der Waals surface area (Å²) in [6.45, 7) is -0.575. The number of amides is 1. The number of carboxylic acids is 1. The number of rotatable bonds is 7. The molecule has 7 heteroatoms. The van der Waals surface area contributed by atoms with Crippen molar-refractivity contribution in [3.63, 3.8) is 0 Å². The van der Waals surface area contributed by atoms with Crippen LogP contribution >= 0.6 is 11.8 Å². The fourth-order valence-electron chi connectivity index (χ4n) is 1.05. The number of benzene rings is 1. The van der Waals surface area contributed by atoms with Crippen molar-refractivity contribution in [3.8, 4) is 0 Å². The maximum absolute atomic E-state index is 12.6. The van der Waals surface area contributed by atoms with Crippen molar-refractivity contribution < 1.29 is 23.9 Å². The van der Waals surface area contributed by atoms with Gasteiger partial charge in [0.1, 0.15) is 5.82 Å². The van der Waals surface area contributed by atoms with E-state index in [1.54, 1.807) is 12.1 Å². The molecular weight excluding hydrogens is 261 g/mol. The third-order valence-corrected chi connectivity index (χ3v) is 2.80. The lowest BCUT2D eigenvalue weighted by Crippen LogP contribution is -2.28. The second-order valence-electron chi connectivity index (χ2n) is 3.33. The summed E-state index contributed by atoms with van der Waals surface area (Å²) in [6.07, 6.45) is 0. The van der Waals surface area contributed by atoms with Gasteiger partial charge in [0.2, 0.25) is 0 Å². The highest BCUT2D eigenvalue weighted by atomic mass is 32.2. The Kier molecular flexibility index (Phi) is 6.16. The van der Waals surface area contributed by atoms with Crippen molar-refractivity contribution >= 4 is 23.6 Å². The van der Waals surface area contributed by atoms with Crippen LogP contribution in [0.3, 0.4) is 0 Å². The summed E-state index contributed by atoms with van der Waals surface area (Å²) in [4.78, 5) is 25.7. The second kappa shape index (κ2) is 7.67. The Bertz CT molecular complexity index is 410. The van der Waals surface area contributed by atoms with Crippen molar-refractivity contribution in [3.05, 3.63) is 35.6 Å². The molecule has 0 aliphatic carbocycles. The van der Waals surface area contributed by atoms with Crippen molar-refractivity contribution in [2.75, 3.05) is 12.4 Å². The quantitative estimate of drug-likeness (QED) is 0.730. The molecule has 0 spiro atoms. The molecular formula is C11H12FNO4S. The van der Waals surface area contributed by atoms with Crippen molar-refractivity contribution in [2.45, 2.75) is 5.75 Å². The number of hydroxylamine groups is 1. The summed E-state index contributed by atoms with van der Waals surface area (Å²) in [5, 5.41) is 8.26. The van der Waals surface area contributed by atoms with Crippen molar-refractivity contribution in [1.29, 1.82) is 0 Å². The minimum atomic E-state index is -1.16. The molecule has 0 fully saturated rings. The van der Waals surface area contributed by atoms with E-state index < -0.39 is 18.5 Å². The molecule has 98 valence electrons. The van der Waals surface area contributed by atoms with E-state index in [1.807, 2.05) is 5.48 Å². The number of halogens is 1. The van der Waals surface area contributed by atoms with Crippen LogP contribution in [0.2, 0.25) is 0 Å². The van der Waals surface area contributed by atoms with Gasteiger partial charge in [-0.05, 0) is 17.7 Å². The van der Waals surface area contributed by atoms with Gasteiger partial charge in [-0.2, -0.15) is 0 Å². The molecule has 0 aromatic heterocycles. The molecule has 1 aromatic rings. The van der Waals surface area contributed by atoms with Gasteiger partial charge in [0.15, 0.2) is 6.61 Å². The van der Waals surface area contributed by atoms with E-state index in [9.17, 15) is 14.0 Å². The molecule has 0 unspecified atom stereocenters. The molecule has 0 aliphatic heterocycles. The summed E-state index contributed by atoms with van der Waals surface area (Å²) in [7, 11) is 0. The smallest absolute Gasteiger partial charge is 0.332 e. The zero-order chi connectivity index (χ0) is 13.4. The lowest BCUT2D eigenvalue weighted by molar-refractivity contribution is -0.148.